The van der Waals surface area contributed by atoms with Crippen LogP contribution in [0.15, 0.2) is 0 Å². The second-order valence-electron chi connectivity index (χ2n) is 5.19. The number of rotatable bonds is 3. The van der Waals surface area contributed by atoms with E-state index < -0.39 is 6.04 Å². The van der Waals surface area contributed by atoms with Crippen molar-refractivity contribution in [2.24, 2.45) is 5.73 Å². The van der Waals surface area contributed by atoms with E-state index >= 15 is 0 Å². The fraction of sp³-hybridized carbons (Fsp3) is 0.917. The molecule has 0 aromatic rings. The third-order valence-electron chi connectivity index (χ3n) is 3.19. The van der Waals surface area contributed by atoms with E-state index in [9.17, 15) is 4.79 Å². The fourth-order valence-corrected chi connectivity index (χ4v) is 2.46. The lowest BCUT2D eigenvalue weighted by Crippen LogP contribution is -2.55. The van der Waals surface area contributed by atoms with Crippen LogP contribution in [-0.2, 0) is 4.79 Å². The van der Waals surface area contributed by atoms with Gasteiger partial charge in [-0.05, 0) is 47.2 Å². The molecule has 1 amide bonds. The second kappa shape index (κ2) is 5.64. The Labute approximate surface area is 98.8 Å². The zero-order valence-corrected chi connectivity index (χ0v) is 10.9. The predicted octanol–water partition coefficient (Wildman–Crippen LogP) is 0.665. The van der Waals surface area contributed by atoms with Crippen molar-refractivity contribution in [2.75, 3.05) is 20.1 Å². The molecule has 0 aromatic carbocycles. The van der Waals surface area contributed by atoms with Crippen molar-refractivity contribution in [3.05, 3.63) is 0 Å². The maximum absolute atomic E-state index is 12.1. The highest BCUT2D eigenvalue weighted by atomic mass is 16.2. The van der Waals surface area contributed by atoms with Crippen LogP contribution in [0.25, 0.3) is 0 Å². The molecular formula is C12H25N3O. The van der Waals surface area contributed by atoms with Crippen LogP contribution >= 0.6 is 0 Å². The van der Waals surface area contributed by atoms with E-state index in [1.807, 2.05) is 4.90 Å². The Hall–Kier alpha value is -0.610. The molecule has 16 heavy (non-hydrogen) atoms. The van der Waals surface area contributed by atoms with Crippen LogP contribution in [0.4, 0.5) is 0 Å². The van der Waals surface area contributed by atoms with Gasteiger partial charge in [0.1, 0.15) is 0 Å². The van der Waals surface area contributed by atoms with E-state index in [-0.39, 0.29) is 11.9 Å². The molecule has 4 heteroatoms. The summed E-state index contributed by atoms with van der Waals surface area (Å²) in [5, 5.41) is 0. The lowest BCUT2D eigenvalue weighted by atomic mass is 10.0. The molecule has 0 saturated carbocycles. The molecule has 1 fully saturated rings. The summed E-state index contributed by atoms with van der Waals surface area (Å²) in [7, 11) is 2.11. The first-order valence-corrected chi connectivity index (χ1v) is 6.19. The van der Waals surface area contributed by atoms with Crippen LogP contribution in [0, 0.1) is 0 Å². The van der Waals surface area contributed by atoms with Gasteiger partial charge in [-0.1, -0.05) is 0 Å². The molecule has 0 bridgehead atoms. The van der Waals surface area contributed by atoms with Crippen molar-refractivity contribution in [2.45, 2.75) is 51.7 Å². The Morgan fingerprint density at radius 2 is 2.06 bits per heavy atom. The third kappa shape index (κ3) is 3.19. The van der Waals surface area contributed by atoms with Crippen molar-refractivity contribution >= 4 is 5.91 Å². The summed E-state index contributed by atoms with van der Waals surface area (Å²) in [6.07, 6.45) is 2.26. The first kappa shape index (κ1) is 13.5. The predicted molar refractivity (Wildman–Crippen MR) is 66.2 cm³/mol. The van der Waals surface area contributed by atoms with Gasteiger partial charge in [0.05, 0.1) is 6.04 Å². The molecule has 0 radical (unpaired) electrons. The number of nitrogens with two attached hydrogens (primary N) is 1. The highest BCUT2D eigenvalue weighted by molar-refractivity contribution is 5.81. The van der Waals surface area contributed by atoms with E-state index in [0.29, 0.717) is 6.04 Å². The summed E-state index contributed by atoms with van der Waals surface area (Å²) in [6.45, 7) is 8.00. The number of carbonyl (C=O) groups excluding carboxylic acids is 1. The first-order valence-electron chi connectivity index (χ1n) is 6.19. The molecule has 94 valence electrons. The fourth-order valence-electron chi connectivity index (χ4n) is 2.46. The highest BCUT2D eigenvalue weighted by Gasteiger charge is 2.30. The van der Waals surface area contributed by atoms with Gasteiger partial charge in [0.25, 0.3) is 0 Å². The Balaban J connectivity index is 2.73. The number of amides is 1. The number of hydrogen-bond acceptors (Lipinski definition) is 3. The van der Waals surface area contributed by atoms with Crippen LogP contribution in [0.5, 0.6) is 0 Å². The topological polar surface area (TPSA) is 49.6 Å². The van der Waals surface area contributed by atoms with E-state index in [0.717, 1.165) is 25.9 Å². The second-order valence-corrected chi connectivity index (χ2v) is 5.19. The Morgan fingerprint density at radius 1 is 1.44 bits per heavy atom. The summed E-state index contributed by atoms with van der Waals surface area (Å²) < 4.78 is 0. The molecule has 0 aromatic heterocycles. The Bertz CT molecular complexity index is 240. The zero-order chi connectivity index (χ0) is 12.3. The van der Waals surface area contributed by atoms with Crippen molar-refractivity contribution < 1.29 is 4.79 Å². The first-order chi connectivity index (χ1) is 7.43. The summed E-state index contributed by atoms with van der Waals surface area (Å²) in [5.41, 5.74) is 5.71. The van der Waals surface area contributed by atoms with Gasteiger partial charge < -0.3 is 15.5 Å². The number of piperidine rings is 1. The van der Waals surface area contributed by atoms with Crippen LogP contribution in [0.2, 0.25) is 0 Å². The van der Waals surface area contributed by atoms with Crippen LogP contribution in [-0.4, -0.2) is 54.0 Å². The summed E-state index contributed by atoms with van der Waals surface area (Å²) in [4.78, 5) is 16.3. The molecule has 4 nitrogen and oxygen atoms in total. The third-order valence-corrected chi connectivity index (χ3v) is 3.19. The van der Waals surface area contributed by atoms with Gasteiger partial charge in [0, 0.05) is 18.6 Å². The number of carbonyl (C=O) groups is 1. The van der Waals surface area contributed by atoms with Gasteiger partial charge in [-0.3, -0.25) is 4.79 Å². The molecule has 2 atom stereocenters. The summed E-state index contributed by atoms with van der Waals surface area (Å²) in [5.74, 6) is 0.0790. The van der Waals surface area contributed by atoms with Gasteiger partial charge in [-0.25, -0.2) is 0 Å². The summed E-state index contributed by atoms with van der Waals surface area (Å²) in [6, 6.07) is 0.168. The zero-order valence-electron chi connectivity index (χ0n) is 10.9. The maximum Gasteiger partial charge on any atom is 0.239 e. The normalized spacial score (nSPS) is 24.5. The molecule has 1 saturated heterocycles. The Morgan fingerprint density at radius 3 is 2.50 bits per heavy atom. The molecule has 1 heterocycles. The molecule has 0 spiro atoms. The standard InChI is InChI=1S/C12H25N3O/c1-9(2)15(12(16)10(3)13)11-6-5-7-14(4)8-11/h9-11H,5-8,13H2,1-4H3/t10-,11-/m0/s1. The minimum absolute atomic E-state index is 0.0790. The molecule has 1 aliphatic heterocycles. The van der Waals surface area contributed by atoms with Gasteiger partial charge in [-0.2, -0.15) is 0 Å². The quantitative estimate of drug-likeness (QED) is 0.771. The van der Waals surface area contributed by atoms with Crippen molar-refractivity contribution in [3.8, 4) is 0 Å². The summed E-state index contributed by atoms with van der Waals surface area (Å²) >= 11 is 0. The lowest BCUT2D eigenvalue weighted by molar-refractivity contribution is -0.137. The van der Waals surface area contributed by atoms with Gasteiger partial charge >= 0.3 is 0 Å². The molecular weight excluding hydrogens is 202 g/mol. The molecule has 1 aliphatic rings. The number of nitrogens with zero attached hydrogens (tertiary/aromatic N) is 2. The van der Waals surface area contributed by atoms with Crippen molar-refractivity contribution in [3.63, 3.8) is 0 Å². The van der Waals surface area contributed by atoms with Crippen LogP contribution < -0.4 is 5.73 Å². The highest BCUT2D eigenvalue weighted by Crippen LogP contribution is 2.18. The number of hydrogen-bond donors (Lipinski definition) is 1. The minimum Gasteiger partial charge on any atom is -0.335 e. The molecule has 1 rings (SSSR count). The SMILES string of the molecule is CC(C)N(C(=O)[C@H](C)N)[C@H]1CCCN(C)C1. The average Bonchev–Trinajstić information content (AvgIpc) is 2.17. The van der Waals surface area contributed by atoms with Crippen LogP contribution in [0.3, 0.4) is 0 Å². The van der Waals surface area contributed by atoms with Gasteiger partial charge in [0.15, 0.2) is 0 Å². The molecule has 2 N–H and O–H groups in total. The lowest BCUT2D eigenvalue weighted by Gasteiger charge is -2.41. The van der Waals surface area contributed by atoms with Crippen LogP contribution in [0.1, 0.15) is 33.6 Å². The Kier molecular flexibility index (Phi) is 4.74. The number of likely N-dealkylation sites (N-methyl/N-ethyl adjacent to an activating group) is 1. The minimum atomic E-state index is -0.394. The van der Waals surface area contributed by atoms with E-state index in [1.54, 1.807) is 6.92 Å². The van der Waals surface area contributed by atoms with E-state index in [4.69, 9.17) is 5.73 Å². The van der Waals surface area contributed by atoms with E-state index in [2.05, 4.69) is 25.8 Å². The monoisotopic (exact) mass is 227 g/mol. The van der Waals surface area contributed by atoms with E-state index in [1.165, 1.54) is 0 Å². The number of likely N-dealkylation sites (tertiary alicyclic amines) is 1. The van der Waals surface area contributed by atoms with Crippen molar-refractivity contribution in [1.29, 1.82) is 0 Å². The van der Waals surface area contributed by atoms with Gasteiger partial charge in [-0.15, -0.1) is 0 Å². The maximum atomic E-state index is 12.1. The largest absolute Gasteiger partial charge is 0.335 e. The average molecular weight is 227 g/mol. The molecule has 0 unspecified atom stereocenters. The molecule has 0 aliphatic carbocycles. The van der Waals surface area contributed by atoms with Gasteiger partial charge in [0.2, 0.25) is 5.91 Å². The smallest absolute Gasteiger partial charge is 0.239 e. The van der Waals surface area contributed by atoms with Crippen molar-refractivity contribution in [1.82, 2.24) is 9.80 Å².